The highest BCUT2D eigenvalue weighted by Crippen LogP contribution is 2.47. The number of rotatable bonds is 3. The fourth-order valence-electron chi connectivity index (χ4n) is 2.37. The maximum atomic E-state index is 3.26. The topological polar surface area (TPSA) is 12.0 Å². The van der Waals surface area contributed by atoms with Gasteiger partial charge in [-0.2, -0.15) is 0 Å². The first kappa shape index (κ1) is 9.72. The fourth-order valence-corrected chi connectivity index (χ4v) is 2.37. The molecule has 1 aromatic rings. The first-order valence-electron chi connectivity index (χ1n) is 5.43. The van der Waals surface area contributed by atoms with Gasteiger partial charge in [0.25, 0.3) is 0 Å². The molecular formula is C13H19N. The van der Waals surface area contributed by atoms with E-state index in [1.807, 2.05) is 7.05 Å². The van der Waals surface area contributed by atoms with E-state index in [1.165, 1.54) is 17.5 Å². The molecule has 1 aliphatic carbocycles. The quantitative estimate of drug-likeness (QED) is 0.770. The van der Waals surface area contributed by atoms with Crippen LogP contribution in [0.3, 0.4) is 0 Å². The zero-order valence-electron chi connectivity index (χ0n) is 9.30. The van der Waals surface area contributed by atoms with E-state index in [9.17, 15) is 0 Å². The van der Waals surface area contributed by atoms with Crippen LogP contribution in [0.2, 0.25) is 0 Å². The van der Waals surface area contributed by atoms with Gasteiger partial charge in [-0.3, -0.25) is 0 Å². The van der Waals surface area contributed by atoms with E-state index in [4.69, 9.17) is 0 Å². The van der Waals surface area contributed by atoms with Crippen LogP contribution in [0.15, 0.2) is 18.2 Å². The summed E-state index contributed by atoms with van der Waals surface area (Å²) in [6, 6.07) is 6.93. The second kappa shape index (κ2) is 3.74. The zero-order valence-corrected chi connectivity index (χ0v) is 9.30. The smallest absolute Gasteiger partial charge is 0.00175 e. The second-order valence-electron chi connectivity index (χ2n) is 4.58. The van der Waals surface area contributed by atoms with Crippen LogP contribution in [0.25, 0.3) is 0 Å². The Kier molecular flexibility index (Phi) is 2.60. The minimum absolute atomic E-state index is 0.820. The van der Waals surface area contributed by atoms with Crippen molar-refractivity contribution >= 4 is 0 Å². The molecule has 76 valence electrons. The summed E-state index contributed by atoms with van der Waals surface area (Å²) in [4.78, 5) is 0. The molecule has 1 aliphatic rings. The molecule has 14 heavy (non-hydrogen) atoms. The van der Waals surface area contributed by atoms with Crippen molar-refractivity contribution in [2.75, 3.05) is 13.6 Å². The predicted octanol–water partition coefficient (Wildman–Crippen LogP) is 2.63. The van der Waals surface area contributed by atoms with Crippen molar-refractivity contribution in [3.8, 4) is 0 Å². The van der Waals surface area contributed by atoms with Crippen molar-refractivity contribution in [3.05, 3.63) is 34.9 Å². The maximum Gasteiger partial charge on any atom is -0.00175 e. The van der Waals surface area contributed by atoms with Gasteiger partial charge in [0.2, 0.25) is 0 Å². The summed E-state index contributed by atoms with van der Waals surface area (Å²) in [7, 11) is 2.04. The Hall–Kier alpha value is -0.820. The normalized spacial score (nSPS) is 25.1. The van der Waals surface area contributed by atoms with E-state index >= 15 is 0 Å². The van der Waals surface area contributed by atoms with Crippen LogP contribution in [0, 0.1) is 19.8 Å². The number of nitrogens with one attached hydrogen (secondary N) is 1. The van der Waals surface area contributed by atoms with Crippen LogP contribution in [-0.4, -0.2) is 13.6 Å². The van der Waals surface area contributed by atoms with Gasteiger partial charge in [0.15, 0.2) is 0 Å². The lowest BCUT2D eigenvalue weighted by Gasteiger charge is -2.04. The van der Waals surface area contributed by atoms with Gasteiger partial charge in [-0.1, -0.05) is 29.3 Å². The Morgan fingerprint density at radius 3 is 2.43 bits per heavy atom. The second-order valence-corrected chi connectivity index (χ2v) is 4.58. The molecule has 1 N–H and O–H groups in total. The number of benzene rings is 1. The summed E-state index contributed by atoms with van der Waals surface area (Å²) < 4.78 is 0. The molecule has 2 rings (SSSR count). The van der Waals surface area contributed by atoms with Crippen LogP contribution in [0.5, 0.6) is 0 Å². The van der Waals surface area contributed by atoms with Gasteiger partial charge in [0.05, 0.1) is 0 Å². The van der Waals surface area contributed by atoms with E-state index in [0.717, 1.165) is 18.4 Å². The Morgan fingerprint density at radius 2 is 1.86 bits per heavy atom. The molecule has 0 amide bonds. The highest BCUT2D eigenvalue weighted by atomic mass is 14.8. The zero-order chi connectivity index (χ0) is 10.1. The van der Waals surface area contributed by atoms with Gasteiger partial charge in [-0.05, 0) is 51.3 Å². The molecule has 0 spiro atoms. The van der Waals surface area contributed by atoms with Crippen molar-refractivity contribution < 1.29 is 0 Å². The minimum atomic E-state index is 0.820. The fraction of sp³-hybridized carbons (Fsp3) is 0.538. The first-order chi connectivity index (χ1) is 6.70. The lowest BCUT2D eigenvalue weighted by Crippen LogP contribution is -2.10. The molecule has 0 radical (unpaired) electrons. The van der Waals surface area contributed by atoms with E-state index in [1.54, 1.807) is 5.56 Å². The molecule has 1 nitrogen and oxygen atoms in total. The summed E-state index contributed by atoms with van der Waals surface area (Å²) in [6.07, 6.45) is 1.36. The Balaban J connectivity index is 2.11. The molecule has 1 fully saturated rings. The lowest BCUT2D eigenvalue weighted by atomic mass is 10.0. The molecule has 1 saturated carbocycles. The highest BCUT2D eigenvalue weighted by Gasteiger charge is 2.37. The van der Waals surface area contributed by atoms with Gasteiger partial charge in [-0.25, -0.2) is 0 Å². The molecule has 2 atom stereocenters. The lowest BCUT2D eigenvalue weighted by molar-refractivity contribution is 0.698. The van der Waals surface area contributed by atoms with Crippen LogP contribution >= 0.6 is 0 Å². The molecule has 0 saturated heterocycles. The van der Waals surface area contributed by atoms with E-state index in [-0.39, 0.29) is 0 Å². The van der Waals surface area contributed by atoms with Crippen LogP contribution in [0.1, 0.15) is 29.0 Å². The Morgan fingerprint density at radius 1 is 1.21 bits per heavy atom. The third-order valence-corrected chi connectivity index (χ3v) is 3.06. The van der Waals surface area contributed by atoms with Crippen molar-refractivity contribution in [2.45, 2.75) is 26.2 Å². The van der Waals surface area contributed by atoms with E-state index in [2.05, 4.69) is 37.4 Å². The standard InChI is InChI=1S/C13H19N/c1-9-4-10(2)6-11(5-9)13-7-12(13)8-14-3/h4-6,12-14H,7-8H2,1-3H3/t12-,13-/m0/s1. The average molecular weight is 189 g/mol. The monoisotopic (exact) mass is 189 g/mol. The van der Waals surface area contributed by atoms with Crippen molar-refractivity contribution in [1.29, 1.82) is 0 Å². The van der Waals surface area contributed by atoms with Crippen molar-refractivity contribution in [3.63, 3.8) is 0 Å². The molecule has 1 aromatic carbocycles. The van der Waals surface area contributed by atoms with Gasteiger partial charge in [-0.15, -0.1) is 0 Å². The van der Waals surface area contributed by atoms with Gasteiger partial charge < -0.3 is 5.32 Å². The minimum Gasteiger partial charge on any atom is -0.319 e. The SMILES string of the molecule is CNC[C@@H]1C[C@H]1c1cc(C)cc(C)c1. The third kappa shape index (κ3) is 1.98. The summed E-state index contributed by atoms with van der Waals surface area (Å²) in [5.41, 5.74) is 4.34. The molecule has 0 heterocycles. The van der Waals surface area contributed by atoms with Gasteiger partial charge in [0.1, 0.15) is 0 Å². The number of hydrogen-bond donors (Lipinski definition) is 1. The molecule has 0 aliphatic heterocycles. The number of hydrogen-bond acceptors (Lipinski definition) is 1. The van der Waals surface area contributed by atoms with Gasteiger partial charge >= 0.3 is 0 Å². The largest absolute Gasteiger partial charge is 0.319 e. The molecule has 0 bridgehead atoms. The van der Waals surface area contributed by atoms with Crippen molar-refractivity contribution in [2.24, 2.45) is 5.92 Å². The summed E-state index contributed by atoms with van der Waals surface area (Å²) in [5, 5.41) is 3.26. The molecule has 0 unspecified atom stereocenters. The highest BCUT2D eigenvalue weighted by molar-refractivity contribution is 5.34. The average Bonchev–Trinajstić information content (AvgIpc) is 2.82. The van der Waals surface area contributed by atoms with Gasteiger partial charge in [0, 0.05) is 0 Å². The van der Waals surface area contributed by atoms with Crippen molar-refractivity contribution in [1.82, 2.24) is 5.32 Å². The van der Waals surface area contributed by atoms with E-state index < -0.39 is 0 Å². The third-order valence-electron chi connectivity index (χ3n) is 3.06. The molecule has 1 heteroatoms. The maximum absolute atomic E-state index is 3.26. The number of aryl methyl sites for hydroxylation is 2. The first-order valence-corrected chi connectivity index (χ1v) is 5.43. The van der Waals surface area contributed by atoms with Crippen LogP contribution in [0.4, 0.5) is 0 Å². The molecular weight excluding hydrogens is 170 g/mol. The molecule has 0 aromatic heterocycles. The van der Waals surface area contributed by atoms with E-state index in [0.29, 0.717) is 0 Å². The summed E-state index contributed by atoms with van der Waals surface area (Å²) >= 11 is 0. The Bertz CT molecular complexity index is 310. The Labute approximate surface area is 86.5 Å². The van der Waals surface area contributed by atoms with Crippen LogP contribution in [-0.2, 0) is 0 Å². The predicted molar refractivity (Wildman–Crippen MR) is 60.7 cm³/mol. The summed E-state index contributed by atoms with van der Waals surface area (Å²) in [5.74, 6) is 1.70. The summed E-state index contributed by atoms with van der Waals surface area (Å²) in [6.45, 7) is 5.54. The van der Waals surface area contributed by atoms with Crippen LogP contribution < -0.4 is 5.32 Å².